The topological polar surface area (TPSA) is 217 Å². The second-order valence-electron chi connectivity index (χ2n) is 9.94. The molecular formula is C28H49NaO13S. The van der Waals surface area contributed by atoms with Gasteiger partial charge in [-0.3, -0.25) is 14.4 Å². The number of aliphatic hydroxyl groups excluding tert-OH is 4. The van der Waals surface area contributed by atoms with Crippen molar-refractivity contribution in [2.45, 2.75) is 95.3 Å². The Labute approximate surface area is 277 Å². The second kappa shape index (κ2) is 27.2. The average Bonchev–Trinajstić information content (AvgIpc) is 2.94. The summed E-state index contributed by atoms with van der Waals surface area (Å²) in [6, 6.07) is 0. The molecule has 0 rings (SSSR count). The minimum Gasteiger partial charge on any atom is -0.747 e. The van der Waals surface area contributed by atoms with Crippen LogP contribution in [0.15, 0.2) is 12.2 Å². The maximum Gasteiger partial charge on any atom is 1.00 e. The largest absolute Gasteiger partial charge is 1.00 e. The molecule has 0 aromatic rings. The van der Waals surface area contributed by atoms with E-state index in [-0.39, 0.29) is 55.6 Å². The molecule has 0 fully saturated rings. The molecule has 0 aliphatic heterocycles. The minimum atomic E-state index is -5.45. The van der Waals surface area contributed by atoms with Crippen LogP contribution in [0.5, 0.6) is 0 Å². The molecule has 13 nitrogen and oxygen atoms in total. The van der Waals surface area contributed by atoms with E-state index in [1.165, 1.54) is 12.2 Å². The van der Waals surface area contributed by atoms with Crippen LogP contribution in [0.4, 0.5) is 0 Å². The molecule has 4 unspecified atom stereocenters. The zero-order valence-corrected chi connectivity index (χ0v) is 28.4. The van der Waals surface area contributed by atoms with Crippen molar-refractivity contribution in [1.29, 1.82) is 0 Å². The van der Waals surface area contributed by atoms with Crippen LogP contribution in [0.25, 0.3) is 0 Å². The van der Waals surface area contributed by atoms with Crippen molar-refractivity contribution in [3.05, 3.63) is 12.2 Å². The minimum absolute atomic E-state index is 0. The van der Waals surface area contributed by atoms with E-state index in [4.69, 9.17) is 29.5 Å². The quantitative estimate of drug-likeness (QED) is 0.0207. The zero-order valence-electron chi connectivity index (χ0n) is 25.6. The van der Waals surface area contributed by atoms with E-state index in [1.807, 2.05) is 0 Å². The molecule has 0 radical (unpaired) electrons. The number of unbranched alkanes of at least 4 members (excludes halogenated alkanes) is 7. The fourth-order valence-electron chi connectivity index (χ4n) is 4.39. The molecule has 0 aliphatic carbocycles. The summed E-state index contributed by atoms with van der Waals surface area (Å²) in [5, 5.41) is 34.8. The molecule has 4 atom stereocenters. The molecule has 0 saturated heterocycles. The summed E-state index contributed by atoms with van der Waals surface area (Å²) in [5.74, 6) is -5.95. The summed E-state index contributed by atoms with van der Waals surface area (Å²) >= 11 is 0. The summed E-state index contributed by atoms with van der Waals surface area (Å²) in [7, 11) is -5.45. The Hall–Kier alpha value is -1.10. The Balaban J connectivity index is 0. The number of ether oxygens (including phenoxy) is 3. The number of carbonyl (C=O) groups is 3. The van der Waals surface area contributed by atoms with Crippen LogP contribution >= 0.6 is 0 Å². The first-order valence-corrected chi connectivity index (χ1v) is 16.1. The zero-order chi connectivity index (χ0) is 31.8. The first-order valence-electron chi connectivity index (χ1n) is 14.7. The number of hydrogen-bond acceptors (Lipinski definition) is 13. The van der Waals surface area contributed by atoms with Gasteiger partial charge in [0.25, 0.3) is 0 Å². The molecule has 0 amide bonds. The third kappa shape index (κ3) is 21.3. The molecule has 43 heavy (non-hydrogen) atoms. The van der Waals surface area contributed by atoms with Crippen molar-refractivity contribution in [3.8, 4) is 0 Å². The standard InChI is InChI=1S/C28H50O13S.Na/c1-2-3-4-9-12-23(32)15-14-22(11-8-6-5-7-10-13-24(33)39-19-16-29)25(27(34)40-20-17-30)26(42(36,37)38)28(35)41-21-18-31;/h14-15,22-23,25-26,29-32H,2-13,16-21H2,1H3,(H,36,37,38);/q;+1/p-1/b15-14+;. The Morgan fingerprint density at radius 1 is 0.744 bits per heavy atom. The Kier molecular flexibility index (Phi) is 27.9. The Morgan fingerprint density at radius 3 is 1.84 bits per heavy atom. The normalized spacial score (nSPS) is 14.4. The molecule has 0 heterocycles. The van der Waals surface area contributed by atoms with Crippen LogP contribution in [0.3, 0.4) is 0 Å². The fourth-order valence-corrected chi connectivity index (χ4v) is 5.37. The summed E-state index contributed by atoms with van der Waals surface area (Å²) in [4.78, 5) is 37.3. The summed E-state index contributed by atoms with van der Waals surface area (Å²) < 4.78 is 51.3. The van der Waals surface area contributed by atoms with Crippen LogP contribution in [0, 0.1) is 11.8 Å². The summed E-state index contributed by atoms with van der Waals surface area (Å²) in [6.07, 6.45) is 9.32. The van der Waals surface area contributed by atoms with Gasteiger partial charge in [0.15, 0.2) is 5.25 Å². The van der Waals surface area contributed by atoms with Crippen LogP contribution in [-0.2, 0) is 38.7 Å². The maximum absolute atomic E-state index is 13.1. The Bertz CT molecular complexity index is 882. The van der Waals surface area contributed by atoms with E-state index in [0.717, 1.165) is 25.7 Å². The van der Waals surface area contributed by atoms with E-state index < -0.39 is 77.6 Å². The number of esters is 3. The van der Waals surface area contributed by atoms with E-state index in [9.17, 15) is 32.5 Å². The van der Waals surface area contributed by atoms with Gasteiger partial charge in [-0.2, -0.15) is 0 Å². The predicted molar refractivity (Wildman–Crippen MR) is 151 cm³/mol. The van der Waals surface area contributed by atoms with Crippen molar-refractivity contribution >= 4 is 28.0 Å². The van der Waals surface area contributed by atoms with Crippen molar-refractivity contribution in [2.75, 3.05) is 39.6 Å². The van der Waals surface area contributed by atoms with Gasteiger partial charge in [-0.05, 0) is 25.2 Å². The van der Waals surface area contributed by atoms with Gasteiger partial charge in [-0.25, -0.2) is 8.42 Å². The van der Waals surface area contributed by atoms with Crippen LogP contribution < -0.4 is 29.6 Å². The van der Waals surface area contributed by atoms with Crippen LogP contribution in [-0.4, -0.2) is 102 Å². The van der Waals surface area contributed by atoms with E-state index in [1.54, 1.807) is 0 Å². The second-order valence-corrected chi connectivity index (χ2v) is 11.4. The van der Waals surface area contributed by atoms with E-state index >= 15 is 0 Å². The monoisotopic (exact) mass is 648 g/mol. The van der Waals surface area contributed by atoms with Crippen molar-refractivity contribution in [2.24, 2.45) is 11.8 Å². The van der Waals surface area contributed by atoms with Gasteiger partial charge in [0.2, 0.25) is 0 Å². The maximum atomic E-state index is 13.1. The Morgan fingerprint density at radius 2 is 1.26 bits per heavy atom. The number of allylic oxidation sites excluding steroid dienone is 1. The van der Waals surface area contributed by atoms with Gasteiger partial charge in [-0.1, -0.05) is 70.4 Å². The third-order valence-corrected chi connectivity index (χ3v) is 7.59. The molecule has 0 aromatic heterocycles. The van der Waals surface area contributed by atoms with Crippen LogP contribution in [0.2, 0.25) is 0 Å². The molecule has 246 valence electrons. The SMILES string of the molecule is CCCCCCC(O)/C=C/C(CCCCCCCC(=O)OCCO)C(C(=O)OCCO)C(C(=O)OCCO)S(=O)(=O)[O-].[Na+]. The van der Waals surface area contributed by atoms with Gasteiger partial charge in [0.05, 0.1) is 31.8 Å². The van der Waals surface area contributed by atoms with E-state index in [0.29, 0.717) is 38.5 Å². The molecule has 15 heteroatoms. The molecule has 0 bridgehead atoms. The van der Waals surface area contributed by atoms with Gasteiger partial charge >= 0.3 is 47.5 Å². The molecular weight excluding hydrogens is 599 g/mol. The van der Waals surface area contributed by atoms with Gasteiger partial charge < -0.3 is 39.2 Å². The van der Waals surface area contributed by atoms with Gasteiger partial charge in [0.1, 0.15) is 29.9 Å². The average molecular weight is 649 g/mol. The van der Waals surface area contributed by atoms with Crippen molar-refractivity contribution < 1.29 is 91.5 Å². The third-order valence-electron chi connectivity index (χ3n) is 6.48. The summed E-state index contributed by atoms with van der Waals surface area (Å²) in [6.45, 7) is -0.555. The first-order chi connectivity index (χ1) is 20.0. The number of carbonyl (C=O) groups excluding carboxylic acids is 3. The first kappa shape index (κ1) is 44.0. The van der Waals surface area contributed by atoms with Crippen LogP contribution in [0.1, 0.15) is 84.0 Å². The van der Waals surface area contributed by atoms with Crippen molar-refractivity contribution in [1.82, 2.24) is 0 Å². The van der Waals surface area contributed by atoms with E-state index in [2.05, 4.69) is 6.92 Å². The smallest absolute Gasteiger partial charge is 0.747 e. The van der Waals surface area contributed by atoms with Crippen molar-refractivity contribution in [3.63, 3.8) is 0 Å². The number of aliphatic hydroxyl groups is 4. The van der Waals surface area contributed by atoms with Gasteiger partial charge in [-0.15, -0.1) is 0 Å². The predicted octanol–water partition coefficient (Wildman–Crippen LogP) is -1.64. The fraction of sp³-hybridized carbons (Fsp3) is 0.821. The number of hydrogen-bond donors (Lipinski definition) is 4. The molecule has 4 N–H and O–H groups in total. The van der Waals surface area contributed by atoms with Gasteiger partial charge in [0, 0.05) is 6.42 Å². The molecule has 0 aliphatic rings. The molecule has 0 aromatic carbocycles. The summed E-state index contributed by atoms with van der Waals surface area (Å²) in [5.41, 5.74) is 0. The number of rotatable bonds is 26. The molecule has 0 saturated carbocycles. The molecule has 0 spiro atoms.